The first-order valence-electron chi connectivity index (χ1n) is 4.07. The maximum Gasteiger partial charge on any atom is 0.147 e. The fourth-order valence-electron chi connectivity index (χ4n) is 1.15. The summed E-state index contributed by atoms with van der Waals surface area (Å²) in [4.78, 5) is 11.2. The van der Waals surface area contributed by atoms with Gasteiger partial charge in [-0.05, 0) is 24.0 Å². The number of ketones is 1. The first kappa shape index (κ1) is 11.2. The summed E-state index contributed by atoms with van der Waals surface area (Å²) < 4.78 is 25.4. The Morgan fingerprint density at radius 2 is 1.86 bits per heavy atom. The lowest BCUT2D eigenvalue weighted by molar-refractivity contribution is -0.115. The Bertz CT molecular complexity index is 319. The van der Waals surface area contributed by atoms with Gasteiger partial charge in [-0.1, -0.05) is 0 Å². The minimum absolute atomic E-state index is 0.0255. The molecule has 0 bridgehead atoms. The number of thioether (sulfide) groups is 1. The van der Waals surface area contributed by atoms with Crippen molar-refractivity contribution in [3.8, 4) is 0 Å². The fourth-order valence-corrected chi connectivity index (χ4v) is 1.58. The van der Waals surface area contributed by atoms with Crippen LogP contribution in [-0.2, 0) is 11.2 Å². The summed E-state index contributed by atoms with van der Waals surface area (Å²) in [5.74, 6) is -0.936. The standard InChI is InChI=1S/C10H10F2OS/c1-14-6-10(13)4-7-2-8(11)5-9(12)3-7/h2-3,5H,4,6H2,1H3. The molecular weight excluding hydrogens is 206 g/mol. The van der Waals surface area contributed by atoms with E-state index in [0.29, 0.717) is 11.3 Å². The molecular formula is C10H10F2OS. The molecule has 0 N–H and O–H groups in total. The molecule has 0 aromatic heterocycles. The molecule has 0 fully saturated rings. The van der Waals surface area contributed by atoms with Crippen molar-refractivity contribution >= 4 is 17.5 Å². The third-order valence-electron chi connectivity index (χ3n) is 1.63. The first-order chi connectivity index (χ1) is 6.61. The summed E-state index contributed by atoms with van der Waals surface area (Å²) >= 11 is 1.40. The molecule has 0 heterocycles. The van der Waals surface area contributed by atoms with Crippen LogP contribution in [0.25, 0.3) is 0 Å². The van der Waals surface area contributed by atoms with E-state index in [1.165, 1.54) is 23.9 Å². The van der Waals surface area contributed by atoms with Crippen LogP contribution in [0.4, 0.5) is 8.78 Å². The van der Waals surface area contributed by atoms with Gasteiger partial charge in [0.25, 0.3) is 0 Å². The Kier molecular flexibility index (Phi) is 4.07. The van der Waals surface area contributed by atoms with Crippen LogP contribution in [-0.4, -0.2) is 17.8 Å². The van der Waals surface area contributed by atoms with Gasteiger partial charge in [-0.2, -0.15) is 11.8 Å². The minimum atomic E-state index is -0.642. The van der Waals surface area contributed by atoms with Crippen LogP contribution in [0.2, 0.25) is 0 Å². The quantitative estimate of drug-likeness (QED) is 0.769. The van der Waals surface area contributed by atoms with Crippen LogP contribution < -0.4 is 0 Å². The van der Waals surface area contributed by atoms with E-state index >= 15 is 0 Å². The number of rotatable bonds is 4. The van der Waals surface area contributed by atoms with Crippen molar-refractivity contribution in [2.45, 2.75) is 6.42 Å². The Morgan fingerprint density at radius 3 is 2.36 bits per heavy atom. The summed E-state index contributed by atoms with van der Waals surface area (Å²) in [5.41, 5.74) is 0.390. The Labute approximate surface area is 85.5 Å². The van der Waals surface area contributed by atoms with E-state index in [9.17, 15) is 13.6 Å². The molecule has 4 heteroatoms. The maximum atomic E-state index is 12.7. The average Bonchev–Trinajstić information content (AvgIpc) is 2.01. The van der Waals surface area contributed by atoms with Gasteiger partial charge in [-0.3, -0.25) is 4.79 Å². The number of benzene rings is 1. The van der Waals surface area contributed by atoms with E-state index in [1.54, 1.807) is 0 Å². The highest BCUT2D eigenvalue weighted by molar-refractivity contribution is 7.99. The lowest BCUT2D eigenvalue weighted by Crippen LogP contribution is -2.05. The van der Waals surface area contributed by atoms with Crippen LogP contribution >= 0.6 is 11.8 Å². The molecule has 0 aliphatic carbocycles. The van der Waals surface area contributed by atoms with Crippen molar-refractivity contribution in [2.75, 3.05) is 12.0 Å². The van der Waals surface area contributed by atoms with Crippen LogP contribution in [0.3, 0.4) is 0 Å². The molecule has 0 atom stereocenters. The molecule has 76 valence electrons. The van der Waals surface area contributed by atoms with Crippen molar-refractivity contribution in [1.29, 1.82) is 0 Å². The highest BCUT2D eigenvalue weighted by Gasteiger charge is 2.05. The Hall–Kier alpha value is -0.900. The molecule has 0 radical (unpaired) electrons. The van der Waals surface area contributed by atoms with Crippen molar-refractivity contribution in [3.63, 3.8) is 0 Å². The number of hydrogen-bond acceptors (Lipinski definition) is 2. The number of Topliss-reactive ketones (excluding diaryl/α,β-unsaturated/α-hetero) is 1. The van der Waals surface area contributed by atoms with Gasteiger partial charge >= 0.3 is 0 Å². The molecule has 0 aliphatic rings. The normalized spacial score (nSPS) is 10.2. The smallest absolute Gasteiger partial charge is 0.147 e. The largest absolute Gasteiger partial charge is 0.298 e. The van der Waals surface area contributed by atoms with E-state index < -0.39 is 11.6 Å². The van der Waals surface area contributed by atoms with Crippen LogP contribution in [0.15, 0.2) is 18.2 Å². The van der Waals surface area contributed by atoms with Crippen molar-refractivity contribution in [2.24, 2.45) is 0 Å². The van der Waals surface area contributed by atoms with Crippen LogP contribution in [0.1, 0.15) is 5.56 Å². The predicted molar refractivity (Wildman–Crippen MR) is 53.5 cm³/mol. The summed E-state index contributed by atoms with van der Waals surface area (Å²) in [5, 5.41) is 0. The van der Waals surface area contributed by atoms with Gasteiger partial charge in [-0.25, -0.2) is 8.78 Å². The monoisotopic (exact) mass is 216 g/mol. The van der Waals surface area contributed by atoms with Gasteiger partial charge in [0.2, 0.25) is 0 Å². The lowest BCUT2D eigenvalue weighted by atomic mass is 10.1. The first-order valence-corrected chi connectivity index (χ1v) is 5.47. The molecule has 1 aromatic rings. The fraction of sp³-hybridized carbons (Fsp3) is 0.300. The van der Waals surface area contributed by atoms with E-state index in [4.69, 9.17) is 0 Å². The van der Waals surface area contributed by atoms with Gasteiger partial charge in [0, 0.05) is 12.5 Å². The lowest BCUT2D eigenvalue weighted by Gasteiger charge is -2.00. The summed E-state index contributed by atoms with van der Waals surface area (Å²) in [6.07, 6.45) is 1.90. The minimum Gasteiger partial charge on any atom is -0.298 e. The van der Waals surface area contributed by atoms with E-state index in [-0.39, 0.29) is 12.2 Å². The molecule has 0 amide bonds. The van der Waals surface area contributed by atoms with Gasteiger partial charge in [0.1, 0.15) is 17.4 Å². The topological polar surface area (TPSA) is 17.1 Å². The maximum absolute atomic E-state index is 12.7. The summed E-state index contributed by atoms with van der Waals surface area (Å²) in [6, 6.07) is 3.16. The van der Waals surface area contributed by atoms with Gasteiger partial charge in [0.05, 0.1) is 5.75 Å². The molecule has 0 unspecified atom stereocenters. The molecule has 0 spiro atoms. The second-order valence-electron chi connectivity index (χ2n) is 2.93. The Balaban J connectivity index is 2.71. The molecule has 0 saturated heterocycles. The molecule has 0 aliphatic heterocycles. The molecule has 1 rings (SSSR count). The average molecular weight is 216 g/mol. The SMILES string of the molecule is CSCC(=O)Cc1cc(F)cc(F)c1. The van der Waals surface area contributed by atoms with Gasteiger partial charge < -0.3 is 0 Å². The zero-order valence-electron chi connectivity index (χ0n) is 7.72. The van der Waals surface area contributed by atoms with Crippen molar-refractivity contribution in [1.82, 2.24) is 0 Å². The van der Waals surface area contributed by atoms with E-state index in [1.807, 2.05) is 6.26 Å². The third-order valence-corrected chi connectivity index (χ3v) is 2.24. The second kappa shape index (κ2) is 5.10. The number of halogens is 2. The molecule has 1 aromatic carbocycles. The predicted octanol–water partition coefficient (Wildman–Crippen LogP) is 2.44. The Morgan fingerprint density at radius 1 is 1.29 bits per heavy atom. The zero-order valence-corrected chi connectivity index (χ0v) is 8.54. The van der Waals surface area contributed by atoms with Crippen LogP contribution in [0.5, 0.6) is 0 Å². The molecule has 1 nitrogen and oxygen atoms in total. The number of carbonyl (C=O) groups is 1. The molecule has 14 heavy (non-hydrogen) atoms. The van der Waals surface area contributed by atoms with Crippen molar-refractivity contribution < 1.29 is 13.6 Å². The highest BCUT2D eigenvalue weighted by Crippen LogP contribution is 2.09. The molecule has 0 saturated carbocycles. The highest BCUT2D eigenvalue weighted by atomic mass is 32.2. The van der Waals surface area contributed by atoms with Gasteiger partial charge in [-0.15, -0.1) is 0 Å². The van der Waals surface area contributed by atoms with Gasteiger partial charge in [0.15, 0.2) is 0 Å². The number of hydrogen-bond donors (Lipinski definition) is 0. The van der Waals surface area contributed by atoms with E-state index in [2.05, 4.69) is 0 Å². The van der Waals surface area contributed by atoms with Crippen LogP contribution in [0, 0.1) is 11.6 Å². The summed E-state index contributed by atoms with van der Waals surface area (Å²) in [6.45, 7) is 0. The zero-order chi connectivity index (χ0) is 10.6. The third kappa shape index (κ3) is 3.46. The second-order valence-corrected chi connectivity index (χ2v) is 3.79. The number of carbonyl (C=O) groups excluding carboxylic acids is 1. The van der Waals surface area contributed by atoms with Crippen molar-refractivity contribution in [3.05, 3.63) is 35.4 Å². The van der Waals surface area contributed by atoms with E-state index in [0.717, 1.165) is 6.07 Å². The summed E-state index contributed by atoms with van der Waals surface area (Å²) in [7, 11) is 0.